The summed E-state index contributed by atoms with van der Waals surface area (Å²) in [6.07, 6.45) is 3.26. The number of allylic oxidation sites excluding steroid dienone is 1. The lowest BCUT2D eigenvalue weighted by atomic mass is 10.0. The molecule has 0 saturated carbocycles. The topological polar surface area (TPSA) is 62.7 Å². The second-order valence-corrected chi connectivity index (χ2v) is 4.59. The Kier molecular flexibility index (Phi) is 3.84. The van der Waals surface area contributed by atoms with E-state index >= 15 is 0 Å². The van der Waals surface area contributed by atoms with E-state index in [-0.39, 0.29) is 0 Å². The molecule has 0 fully saturated rings. The molecule has 0 aliphatic carbocycles. The van der Waals surface area contributed by atoms with Crippen molar-refractivity contribution in [2.75, 3.05) is 0 Å². The molecule has 0 spiro atoms. The third kappa shape index (κ3) is 2.93. The van der Waals surface area contributed by atoms with Crippen molar-refractivity contribution in [3.8, 4) is 6.07 Å². The zero-order valence-electron chi connectivity index (χ0n) is 10.4. The Labute approximate surface area is 117 Å². The van der Waals surface area contributed by atoms with Crippen molar-refractivity contribution in [2.45, 2.75) is 6.92 Å². The molecular weight excluding hydrogens is 258 g/mol. The second-order valence-electron chi connectivity index (χ2n) is 4.15. The highest BCUT2D eigenvalue weighted by molar-refractivity contribution is 6.30. The Morgan fingerprint density at radius 1 is 1.21 bits per heavy atom. The van der Waals surface area contributed by atoms with Crippen LogP contribution in [0.15, 0.2) is 42.7 Å². The van der Waals surface area contributed by atoms with Crippen molar-refractivity contribution in [2.24, 2.45) is 5.73 Å². The SMILES string of the molecule is Cc1cc(Cl)cc(/C(N)=C(/C#N)c2ccncc2)c1. The average molecular weight is 270 g/mol. The van der Waals surface area contributed by atoms with E-state index in [9.17, 15) is 5.26 Å². The van der Waals surface area contributed by atoms with E-state index < -0.39 is 0 Å². The first-order valence-corrected chi connectivity index (χ1v) is 6.07. The number of aromatic nitrogens is 1. The van der Waals surface area contributed by atoms with Gasteiger partial charge in [-0.2, -0.15) is 5.26 Å². The molecule has 0 radical (unpaired) electrons. The summed E-state index contributed by atoms with van der Waals surface area (Å²) in [6, 6.07) is 11.1. The summed E-state index contributed by atoms with van der Waals surface area (Å²) in [5, 5.41) is 9.91. The minimum absolute atomic E-state index is 0.416. The van der Waals surface area contributed by atoms with Gasteiger partial charge in [0.05, 0.1) is 11.3 Å². The summed E-state index contributed by atoms with van der Waals surface area (Å²) in [5.41, 5.74) is 9.42. The third-order valence-electron chi connectivity index (χ3n) is 2.70. The van der Waals surface area contributed by atoms with Crippen LogP contribution in [-0.2, 0) is 0 Å². The van der Waals surface area contributed by atoms with Gasteiger partial charge in [-0.05, 0) is 48.4 Å². The summed E-state index contributed by atoms with van der Waals surface area (Å²) < 4.78 is 0. The van der Waals surface area contributed by atoms with E-state index in [0.29, 0.717) is 16.3 Å². The monoisotopic (exact) mass is 269 g/mol. The maximum atomic E-state index is 9.31. The van der Waals surface area contributed by atoms with Crippen LogP contribution in [0, 0.1) is 18.3 Å². The number of nitriles is 1. The van der Waals surface area contributed by atoms with Crippen molar-refractivity contribution in [3.63, 3.8) is 0 Å². The zero-order valence-corrected chi connectivity index (χ0v) is 11.1. The normalized spacial score (nSPS) is 11.6. The minimum atomic E-state index is 0.416. The number of hydrogen-bond acceptors (Lipinski definition) is 3. The predicted octanol–water partition coefficient (Wildman–Crippen LogP) is 3.39. The van der Waals surface area contributed by atoms with Crippen LogP contribution in [0.4, 0.5) is 0 Å². The Morgan fingerprint density at radius 3 is 2.47 bits per heavy atom. The molecule has 0 atom stereocenters. The van der Waals surface area contributed by atoms with Crippen LogP contribution in [0.5, 0.6) is 0 Å². The number of nitrogens with zero attached hydrogens (tertiary/aromatic N) is 2. The first kappa shape index (κ1) is 13.1. The van der Waals surface area contributed by atoms with E-state index in [2.05, 4.69) is 11.1 Å². The Balaban J connectivity index is 2.59. The maximum Gasteiger partial charge on any atom is 0.102 e. The van der Waals surface area contributed by atoms with Crippen LogP contribution in [-0.4, -0.2) is 4.98 Å². The number of nitrogens with two attached hydrogens (primary N) is 1. The molecule has 2 aromatic rings. The quantitative estimate of drug-likeness (QED) is 0.850. The molecule has 4 heteroatoms. The summed E-state index contributed by atoms with van der Waals surface area (Å²) >= 11 is 6.02. The molecule has 19 heavy (non-hydrogen) atoms. The van der Waals surface area contributed by atoms with Crippen LogP contribution in [0.2, 0.25) is 5.02 Å². The fraction of sp³-hybridized carbons (Fsp3) is 0.0667. The first-order chi connectivity index (χ1) is 9.11. The smallest absolute Gasteiger partial charge is 0.102 e. The van der Waals surface area contributed by atoms with E-state index in [1.807, 2.05) is 19.1 Å². The molecule has 2 N–H and O–H groups in total. The van der Waals surface area contributed by atoms with Crippen LogP contribution in [0.3, 0.4) is 0 Å². The van der Waals surface area contributed by atoms with Gasteiger partial charge in [0.1, 0.15) is 6.07 Å². The molecule has 1 heterocycles. The first-order valence-electron chi connectivity index (χ1n) is 5.69. The molecule has 0 unspecified atom stereocenters. The van der Waals surface area contributed by atoms with E-state index in [4.69, 9.17) is 17.3 Å². The highest BCUT2D eigenvalue weighted by atomic mass is 35.5. The highest BCUT2D eigenvalue weighted by Crippen LogP contribution is 2.24. The van der Waals surface area contributed by atoms with Crippen molar-refractivity contribution < 1.29 is 0 Å². The average Bonchev–Trinajstić information content (AvgIpc) is 2.39. The maximum absolute atomic E-state index is 9.31. The number of aryl methyl sites for hydroxylation is 1. The van der Waals surface area contributed by atoms with Gasteiger partial charge in [-0.1, -0.05) is 11.6 Å². The Bertz CT molecular complexity index is 649. The van der Waals surface area contributed by atoms with Crippen LogP contribution in [0.25, 0.3) is 11.3 Å². The lowest BCUT2D eigenvalue weighted by Gasteiger charge is -2.08. The number of benzene rings is 1. The Morgan fingerprint density at radius 2 is 1.89 bits per heavy atom. The van der Waals surface area contributed by atoms with Crippen molar-refractivity contribution in [1.82, 2.24) is 4.98 Å². The second kappa shape index (κ2) is 5.55. The van der Waals surface area contributed by atoms with Crippen LogP contribution in [0.1, 0.15) is 16.7 Å². The van der Waals surface area contributed by atoms with E-state index in [0.717, 1.165) is 16.7 Å². The van der Waals surface area contributed by atoms with Crippen molar-refractivity contribution in [1.29, 1.82) is 5.26 Å². The number of hydrogen-bond donors (Lipinski definition) is 1. The lowest BCUT2D eigenvalue weighted by molar-refractivity contribution is 1.31. The third-order valence-corrected chi connectivity index (χ3v) is 2.92. The molecular formula is C15H12ClN3. The summed E-state index contributed by atoms with van der Waals surface area (Å²) in [5.74, 6) is 0. The van der Waals surface area contributed by atoms with Gasteiger partial charge in [0, 0.05) is 23.0 Å². The van der Waals surface area contributed by atoms with Crippen LogP contribution >= 0.6 is 11.6 Å². The largest absolute Gasteiger partial charge is 0.397 e. The van der Waals surface area contributed by atoms with Crippen molar-refractivity contribution >= 4 is 22.9 Å². The van der Waals surface area contributed by atoms with Gasteiger partial charge in [-0.15, -0.1) is 0 Å². The molecule has 2 rings (SSSR count). The zero-order chi connectivity index (χ0) is 13.8. The van der Waals surface area contributed by atoms with Gasteiger partial charge in [0.2, 0.25) is 0 Å². The molecule has 0 saturated heterocycles. The van der Waals surface area contributed by atoms with Gasteiger partial charge in [0.25, 0.3) is 0 Å². The fourth-order valence-corrected chi connectivity index (χ4v) is 2.12. The molecule has 0 aliphatic rings. The molecule has 1 aromatic carbocycles. The van der Waals surface area contributed by atoms with Gasteiger partial charge < -0.3 is 5.73 Å². The minimum Gasteiger partial charge on any atom is -0.397 e. The number of halogens is 1. The van der Waals surface area contributed by atoms with E-state index in [1.54, 1.807) is 30.6 Å². The van der Waals surface area contributed by atoms with Gasteiger partial charge in [-0.3, -0.25) is 4.98 Å². The highest BCUT2D eigenvalue weighted by Gasteiger charge is 2.09. The molecule has 94 valence electrons. The van der Waals surface area contributed by atoms with Crippen molar-refractivity contribution in [3.05, 3.63) is 64.4 Å². The fourth-order valence-electron chi connectivity index (χ4n) is 1.84. The lowest BCUT2D eigenvalue weighted by Crippen LogP contribution is -2.01. The molecule has 3 nitrogen and oxygen atoms in total. The van der Waals surface area contributed by atoms with E-state index in [1.165, 1.54) is 0 Å². The number of pyridine rings is 1. The summed E-state index contributed by atoms with van der Waals surface area (Å²) in [4.78, 5) is 3.93. The van der Waals surface area contributed by atoms with Gasteiger partial charge in [-0.25, -0.2) is 0 Å². The Hall–Kier alpha value is -2.31. The summed E-state index contributed by atoms with van der Waals surface area (Å²) in [7, 11) is 0. The van der Waals surface area contributed by atoms with Gasteiger partial charge >= 0.3 is 0 Å². The number of rotatable bonds is 2. The molecule has 0 aliphatic heterocycles. The van der Waals surface area contributed by atoms with Crippen LogP contribution < -0.4 is 5.73 Å². The summed E-state index contributed by atoms with van der Waals surface area (Å²) in [6.45, 7) is 1.93. The molecule has 0 amide bonds. The standard InChI is InChI=1S/C15H12ClN3/c1-10-6-12(8-13(16)7-10)15(18)14(9-17)11-2-4-19-5-3-11/h2-8H,18H2,1H3/b15-14+. The molecule has 0 bridgehead atoms. The van der Waals surface area contributed by atoms with Gasteiger partial charge in [0.15, 0.2) is 0 Å². The molecule has 1 aromatic heterocycles. The predicted molar refractivity (Wildman–Crippen MR) is 77.0 cm³/mol.